The van der Waals surface area contributed by atoms with Crippen LogP contribution in [0.4, 0.5) is 5.69 Å². The van der Waals surface area contributed by atoms with E-state index in [1.807, 2.05) is 0 Å². The number of nitrogens with zero attached hydrogens (tertiary/aromatic N) is 1. The maximum absolute atomic E-state index is 12.2. The van der Waals surface area contributed by atoms with Gasteiger partial charge < -0.3 is 10.2 Å². The fourth-order valence-corrected chi connectivity index (χ4v) is 2.96. The first kappa shape index (κ1) is 14.4. The molecule has 7 heteroatoms. The van der Waals surface area contributed by atoms with Crippen molar-refractivity contribution in [1.82, 2.24) is 0 Å². The number of benzene rings is 1. The van der Waals surface area contributed by atoms with Gasteiger partial charge in [-0.3, -0.25) is 14.4 Å². The van der Waals surface area contributed by atoms with Gasteiger partial charge in [-0.2, -0.15) is 0 Å². The van der Waals surface area contributed by atoms with E-state index in [2.05, 4.69) is 0 Å². The molecule has 0 saturated carbocycles. The molecule has 2 N–H and O–H groups in total. The number of anilines is 1. The maximum atomic E-state index is 12.2. The molecule has 6 nitrogen and oxygen atoms in total. The smallest absolute Gasteiger partial charge is 0.316 e. The number of phenolic OH excluding ortho intramolecular Hbond substituents is 1. The molecule has 1 aliphatic heterocycles. The lowest BCUT2D eigenvalue weighted by Gasteiger charge is -2.15. The number of hydrogen-bond donors (Lipinski definition) is 2. The minimum atomic E-state index is -1.02. The van der Waals surface area contributed by atoms with E-state index >= 15 is 0 Å². The van der Waals surface area contributed by atoms with E-state index in [4.69, 9.17) is 5.11 Å². The summed E-state index contributed by atoms with van der Waals surface area (Å²) in [6.07, 6.45) is -0.0119. The molecule has 1 aromatic rings. The number of rotatable bonds is 4. The second kappa shape index (κ2) is 5.54. The summed E-state index contributed by atoms with van der Waals surface area (Å²) < 4.78 is 0. The van der Waals surface area contributed by atoms with Crippen LogP contribution in [0.3, 0.4) is 0 Å². The van der Waals surface area contributed by atoms with Crippen LogP contribution < -0.4 is 4.90 Å². The Morgan fingerprint density at radius 1 is 1.35 bits per heavy atom. The lowest BCUT2D eigenvalue weighted by atomic mass is 10.3. The summed E-state index contributed by atoms with van der Waals surface area (Å²) in [6, 6.07) is 5.71. The first-order valence-electron chi connectivity index (χ1n) is 5.94. The fraction of sp³-hybridized carbons (Fsp3) is 0.308. The molecular formula is C13H13NO5S. The number of carbonyl (C=O) groups is 3. The summed E-state index contributed by atoms with van der Waals surface area (Å²) in [7, 11) is 0. The van der Waals surface area contributed by atoms with Crippen LogP contribution in [0, 0.1) is 0 Å². The molecule has 1 fully saturated rings. The van der Waals surface area contributed by atoms with Crippen molar-refractivity contribution in [3.63, 3.8) is 0 Å². The largest absolute Gasteiger partial charge is 0.508 e. The van der Waals surface area contributed by atoms with Crippen LogP contribution in [0.2, 0.25) is 0 Å². The second-order valence-corrected chi connectivity index (χ2v) is 5.94. The van der Waals surface area contributed by atoms with Crippen molar-refractivity contribution in [2.24, 2.45) is 0 Å². The van der Waals surface area contributed by atoms with Crippen molar-refractivity contribution in [3.05, 3.63) is 24.3 Å². The number of carboxylic acids is 1. The van der Waals surface area contributed by atoms with Gasteiger partial charge in [-0.05, 0) is 31.2 Å². The molecule has 2 unspecified atom stereocenters. The SMILES string of the molecule is CC(SC1CC(=O)N(c2ccc(O)cc2)C1=O)C(=O)O. The highest BCUT2D eigenvalue weighted by atomic mass is 32.2. The Balaban J connectivity index is 2.17. The number of carbonyl (C=O) groups excluding carboxylic acids is 2. The zero-order valence-corrected chi connectivity index (χ0v) is 11.5. The van der Waals surface area contributed by atoms with Crippen molar-refractivity contribution < 1.29 is 24.6 Å². The normalized spacial score (nSPS) is 20.2. The average molecular weight is 295 g/mol. The van der Waals surface area contributed by atoms with Gasteiger partial charge in [0.05, 0.1) is 10.9 Å². The number of hydrogen-bond acceptors (Lipinski definition) is 5. The second-order valence-electron chi connectivity index (χ2n) is 4.39. The zero-order valence-electron chi connectivity index (χ0n) is 10.6. The third-order valence-electron chi connectivity index (χ3n) is 2.93. The van der Waals surface area contributed by atoms with E-state index in [-0.39, 0.29) is 18.1 Å². The molecule has 0 bridgehead atoms. The number of thioether (sulfide) groups is 1. The minimum Gasteiger partial charge on any atom is -0.508 e. The van der Waals surface area contributed by atoms with Gasteiger partial charge in [0.25, 0.3) is 0 Å². The van der Waals surface area contributed by atoms with E-state index in [1.54, 1.807) is 0 Å². The Morgan fingerprint density at radius 2 is 1.95 bits per heavy atom. The molecule has 2 rings (SSSR count). The lowest BCUT2D eigenvalue weighted by Crippen LogP contribution is -2.31. The van der Waals surface area contributed by atoms with Crippen LogP contribution in [0.25, 0.3) is 0 Å². The molecule has 1 aliphatic rings. The summed E-state index contributed by atoms with van der Waals surface area (Å²) in [5.41, 5.74) is 0.379. The first-order valence-corrected chi connectivity index (χ1v) is 6.88. The fourth-order valence-electron chi connectivity index (χ4n) is 1.89. The summed E-state index contributed by atoms with van der Waals surface area (Å²) in [4.78, 5) is 35.9. The van der Waals surface area contributed by atoms with Crippen LogP contribution >= 0.6 is 11.8 Å². The van der Waals surface area contributed by atoms with Crippen molar-refractivity contribution in [2.45, 2.75) is 23.8 Å². The monoisotopic (exact) mass is 295 g/mol. The Labute approximate surface area is 119 Å². The quantitative estimate of drug-likeness (QED) is 0.811. The summed E-state index contributed by atoms with van der Waals surface area (Å²) in [5, 5.41) is 16.6. The third-order valence-corrected chi connectivity index (χ3v) is 4.24. The van der Waals surface area contributed by atoms with Crippen molar-refractivity contribution in [1.29, 1.82) is 0 Å². The molecule has 106 valence electrons. The molecule has 20 heavy (non-hydrogen) atoms. The predicted molar refractivity (Wildman–Crippen MR) is 73.7 cm³/mol. The highest BCUT2D eigenvalue weighted by Gasteiger charge is 2.41. The summed E-state index contributed by atoms with van der Waals surface area (Å²) >= 11 is 0.968. The van der Waals surface area contributed by atoms with Crippen molar-refractivity contribution >= 4 is 35.2 Å². The minimum absolute atomic E-state index is 0.0119. The zero-order chi connectivity index (χ0) is 14.9. The van der Waals surface area contributed by atoms with Gasteiger partial charge in [0.15, 0.2) is 0 Å². The van der Waals surface area contributed by atoms with Crippen LogP contribution in [0.1, 0.15) is 13.3 Å². The van der Waals surface area contributed by atoms with Crippen LogP contribution in [0.5, 0.6) is 5.75 Å². The highest BCUT2D eigenvalue weighted by Crippen LogP contribution is 2.32. The van der Waals surface area contributed by atoms with Crippen molar-refractivity contribution in [2.75, 3.05) is 4.90 Å². The summed E-state index contributed by atoms with van der Waals surface area (Å²) in [5.74, 6) is -1.76. The van der Waals surface area contributed by atoms with E-state index < -0.39 is 22.4 Å². The number of imide groups is 1. The molecule has 0 spiro atoms. The number of amides is 2. The van der Waals surface area contributed by atoms with Gasteiger partial charge in [0.2, 0.25) is 11.8 Å². The van der Waals surface area contributed by atoms with E-state index in [0.717, 1.165) is 16.7 Å². The topological polar surface area (TPSA) is 94.9 Å². The van der Waals surface area contributed by atoms with Gasteiger partial charge in [-0.25, -0.2) is 4.90 Å². The number of aromatic hydroxyl groups is 1. The molecule has 2 atom stereocenters. The maximum Gasteiger partial charge on any atom is 0.316 e. The standard InChI is InChI=1S/C13H13NO5S/c1-7(13(18)19)20-10-6-11(16)14(12(10)17)8-2-4-9(15)5-3-8/h2-5,7,10,15H,6H2,1H3,(H,18,19). The Bertz CT molecular complexity index is 556. The molecule has 0 aliphatic carbocycles. The molecular weight excluding hydrogens is 282 g/mol. The third kappa shape index (κ3) is 2.77. The first-order chi connectivity index (χ1) is 9.40. The molecule has 0 radical (unpaired) electrons. The van der Waals surface area contributed by atoms with E-state index in [1.165, 1.54) is 31.2 Å². The Kier molecular flexibility index (Phi) is 3.99. The Morgan fingerprint density at radius 3 is 2.50 bits per heavy atom. The lowest BCUT2D eigenvalue weighted by molar-refractivity contribution is -0.136. The van der Waals surface area contributed by atoms with Crippen LogP contribution in [0.15, 0.2) is 24.3 Å². The van der Waals surface area contributed by atoms with Gasteiger partial charge in [-0.1, -0.05) is 0 Å². The van der Waals surface area contributed by atoms with Crippen LogP contribution in [-0.4, -0.2) is 38.5 Å². The molecule has 2 amide bonds. The molecule has 1 heterocycles. The molecule has 0 aromatic heterocycles. The number of phenols is 1. The number of aliphatic carboxylic acids is 1. The predicted octanol–water partition coefficient (Wildman–Crippen LogP) is 1.23. The van der Waals surface area contributed by atoms with Gasteiger partial charge in [0, 0.05) is 6.42 Å². The van der Waals surface area contributed by atoms with Gasteiger partial charge >= 0.3 is 5.97 Å². The van der Waals surface area contributed by atoms with E-state index in [9.17, 15) is 19.5 Å². The molecule has 1 aromatic carbocycles. The van der Waals surface area contributed by atoms with Gasteiger partial charge in [-0.15, -0.1) is 11.8 Å². The highest BCUT2D eigenvalue weighted by molar-refractivity contribution is 8.01. The van der Waals surface area contributed by atoms with Crippen LogP contribution in [-0.2, 0) is 14.4 Å². The van der Waals surface area contributed by atoms with Gasteiger partial charge in [0.1, 0.15) is 11.0 Å². The van der Waals surface area contributed by atoms with E-state index in [0.29, 0.717) is 5.69 Å². The Hall–Kier alpha value is -2.02. The average Bonchev–Trinajstić information content (AvgIpc) is 2.66. The van der Waals surface area contributed by atoms with Crippen molar-refractivity contribution in [3.8, 4) is 5.75 Å². The molecule has 1 saturated heterocycles. The number of carboxylic acid groups (broad SMARTS) is 1. The summed E-state index contributed by atoms with van der Waals surface area (Å²) in [6.45, 7) is 1.48.